The zero-order valence-corrected chi connectivity index (χ0v) is 9.93. The molecular formula is C12H18O4. The molecule has 16 heavy (non-hydrogen) atoms. The van der Waals surface area contributed by atoms with Crippen molar-refractivity contribution in [2.75, 3.05) is 13.2 Å². The second-order valence-corrected chi connectivity index (χ2v) is 3.41. The summed E-state index contributed by atoms with van der Waals surface area (Å²) in [6.45, 7) is 6.55. The van der Waals surface area contributed by atoms with E-state index in [9.17, 15) is 4.79 Å². The fourth-order valence-electron chi connectivity index (χ4n) is 1.43. The van der Waals surface area contributed by atoms with Crippen LogP contribution in [0, 0.1) is 5.92 Å². The van der Waals surface area contributed by atoms with Gasteiger partial charge in [-0.1, -0.05) is 6.92 Å². The maximum atomic E-state index is 11.9. The number of ether oxygens (including phenoxy) is 2. The topological polar surface area (TPSA) is 48.7 Å². The van der Waals surface area contributed by atoms with Gasteiger partial charge >= 0.3 is 0 Å². The van der Waals surface area contributed by atoms with Gasteiger partial charge in [-0.3, -0.25) is 4.79 Å². The van der Waals surface area contributed by atoms with Gasteiger partial charge in [0.2, 0.25) is 5.78 Å². The van der Waals surface area contributed by atoms with Gasteiger partial charge in [-0.2, -0.15) is 0 Å². The summed E-state index contributed by atoms with van der Waals surface area (Å²) >= 11 is 0. The maximum Gasteiger partial charge on any atom is 0.205 e. The van der Waals surface area contributed by atoms with Crippen LogP contribution < -0.4 is 0 Å². The summed E-state index contributed by atoms with van der Waals surface area (Å²) in [7, 11) is 0. The number of hydrogen-bond acceptors (Lipinski definition) is 4. The first-order valence-electron chi connectivity index (χ1n) is 5.51. The van der Waals surface area contributed by atoms with Crippen LogP contribution in [0.2, 0.25) is 0 Å². The molecule has 4 nitrogen and oxygen atoms in total. The van der Waals surface area contributed by atoms with Crippen LogP contribution in [0.25, 0.3) is 0 Å². The number of carbonyl (C=O) groups excluding carboxylic acids is 1. The third kappa shape index (κ3) is 3.18. The first-order chi connectivity index (χ1) is 7.70. The van der Waals surface area contributed by atoms with Gasteiger partial charge in [-0.15, -0.1) is 0 Å². The molecule has 0 amide bonds. The molecular weight excluding hydrogens is 208 g/mol. The van der Waals surface area contributed by atoms with E-state index in [1.54, 1.807) is 19.1 Å². The SMILES string of the molecule is CCOC(OCC)C(C)C(=O)c1ccco1. The molecule has 0 saturated carbocycles. The summed E-state index contributed by atoms with van der Waals surface area (Å²) in [5, 5.41) is 0. The van der Waals surface area contributed by atoms with E-state index in [2.05, 4.69) is 0 Å². The molecule has 0 aliphatic heterocycles. The second kappa shape index (κ2) is 6.45. The molecule has 0 radical (unpaired) electrons. The number of hydrogen-bond donors (Lipinski definition) is 0. The number of ketones is 1. The normalized spacial score (nSPS) is 13.0. The van der Waals surface area contributed by atoms with Crippen LogP contribution in [-0.4, -0.2) is 25.3 Å². The van der Waals surface area contributed by atoms with Crippen molar-refractivity contribution in [2.24, 2.45) is 5.92 Å². The Labute approximate surface area is 95.5 Å². The molecule has 0 bridgehead atoms. The predicted octanol–water partition coefficient (Wildman–Crippen LogP) is 2.50. The van der Waals surface area contributed by atoms with Crippen LogP contribution in [0.1, 0.15) is 31.3 Å². The molecule has 1 unspecified atom stereocenters. The van der Waals surface area contributed by atoms with E-state index >= 15 is 0 Å². The average molecular weight is 226 g/mol. The standard InChI is InChI=1S/C12H18O4/c1-4-14-12(15-5-2)9(3)11(13)10-7-6-8-16-10/h6-9,12H,4-5H2,1-3H3. The first kappa shape index (κ1) is 12.9. The Kier molecular flexibility index (Phi) is 5.22. The molecule has 1 aromatic heterocycles. The van der Waals surface area contributed by atoms with Crippen molar-refractivity contribution in [3.63, 3.8) is 0 Å². The van der Waals surface area contributed by atoms with Gasteiger partial charge in [0.05, 0.1) is 12.2 Å². The van der Waals surface area contributed by atoms with Crippen LogP contribution in [0.4, 0.5) is 0 Å². The van der Waals surface area contributed by atoms with Crippen molar-refractivity contribution >= 4 is 5.78 Å². The molecule has 0 fully saturated rings. The van der Waals surface area contributed by atoms with Crippen LogP contribution in [-0.2, 0) is 9.47 Å². The number of carbonyl (C=O) groups is 1. The highest BCUT2D eigenvalue weighted by Crippen LogP contribution is 2.16. The monoisotopic (exact) mass is 226 g/mol. The van der Waals surface area contributed by atoms with Gasteiger partial charge in [0, 0.05) is 13.2 Å². The van der Waals surface area contributed by atoms with Crippen molar-refractivity contribution in [2.45, 2.75) is 27.1 Å². The minimum Gasteiger partial charge on any atom is -0.461 e. The lowest BCUT2D eigenvalue weighted by Crippen LogP contribution is -2.31. The van der Waals surface area contributed by atoms with Gasteiger partial charge < -0.3 is 13.9 Å². The highest BCUT2D eigenvalue weighted by Gasteiger charge is 2.27. The minimum absolute atomic E-state index is 0.100. The molecule has 1 aromatic rings. The Bertz CT molecular complexity index is 299. The largest absolute Gasteiger partial charge is 0.461 e. The minimum atomic E-state index is -0.507. The van der Waals surface area contributed by atoms with E-state index in [0.29, 0.717) is 19.0 Å². The molecule has 0 spiro atoms. The van der Waals surface area contributed by atoms with E-state index in [4.69, 9.17) is 13.9 Å². The highest BCUT2D eigenvalue weighted by molar-refractivity contribution is 5.95. The fourth-order valence-corrected chi connectivity index (χ4v) is 1.43. The first-order valence-corrected chi connectivity index (χ1v) is 5.51. The predicted molar refractivity (Wildman–Crippen MR) is 59.2 cm³/mol. The Balaban J connectivity index is 2.66. The van der Waals surface area contributed by atoms with Gasteiger partial charge in [0.1, 0.15) is 0 Å². The summed E-state index contributed by atoms with van der Waals surface area (Å²) in [5.74, 6) is -0.125. The molecule has 0 saturated heterocycles. The van der Waals surface area contributed by atoms with E-state index in [0.717, 1.165) is 0 Å². The van der Waals surface area contributed by atoms with Crippen molar-refractivity contribution in [1.29, 1.82) is 0 Å². The molecule has 1 atom stereocenters. The summed E-state index contributed by atoms with van der Waals surface area (Å²) in [5.41, 5.74) is 0. The molecule has 0 N–H and O–H groups in total. The molecule has 4 heteroatoms. The van der Waals surface area contributed by atoms with Crippen LogP contribution in [0.3, 0.4) is 0 Å². The van der Waals surface area contributed by atoms with E-state index in [1.807, 2.05) is 13.8 Å². The van der Waals surface area contributed by atoms with Gasteiger partial charge in [-0.25, -0.2) is 0 Å². The highest BCUT2D eigenvalue weighted by atomic mass is 16.7. The lowest BCUT2D eigenvalue weighted by molar-refractivity contribution is -0.154. The average Bonchev–Trinajstić information content (AvgIpc) is 2.80. The van der Waals surface area contributed by atoms with E-state index in [1.165, 1.54) is 6.26 Å². The molecule has 90 valence electrons. The summed E-state index contributed by atoms with van der Waals surface area (Å²) in [6, 6.07) is 3.34. The fraction of sp³-hybridized carbons (Fsp3) is 0.583. The third-order valence-corrected chi connectivity index (χ3v) is 2.25. The number of furan rings is 1. The summed E-state index contributed by atoms with van der Waals surface area (Å²) < 4.78 is 15.8. The third-order valence-electron chi connectivity index (χ3n) is 2.25. The Morgan fingerprint density at radius 3 is 2.44 bits per heavy atom. The quantitative estimate of drug-likeness (QED) is 0.529. The van der Waals surface area contributed by atoms with E-state index < -0.39 is 6.29 Å². The lowest BCUT2D eigenvalue weighted by atomic mass is 10.0. The molecule has 0 aliphatic carbocycles. The van der Waals surface area contributed by atoms with Crippen LogP contribution >= 0.6 is 0 Å². The smallest absolute Gasteiger partial charge is 0.205 e. The van der Waals surface area contributed by atoms with Crippen molar-refractivity contribution in [3.8, 4) is 0 Å². The molecule has 0 aliphatic rings. The number of Topliss-reactive ketones (excluding diaryl/α,β-unsaturated/α-hetero) is 1. The van der Waals surface area contributed by atoms with Gasteiger partial charge in [0.15, 0.2) is 12.1 Å². The molecule has 0 aromatic carbocycles. The Morgan fingerprint density at radius 1 is 1.38 bits per heavy atom. The Hall–Kier alpha value is -1.13. The van der Waals surface area contributed by atoms with Gasteiger partial charge in [0.25, 0.3) is 0 Å². The van der Waals surface area contributed by atoms with Crippen LogP contribution in [0.15, 0.2) is 22.8 Å². The van der Waals surface area contributed by atoms with Crippen molar-refractivity contribution in [1.82, 2.24) is 0 Å². The molecule has 1 heterocycles. The number of rotatable bonds is 7. The van der Waals surface area contributed by atoms with Crippen molar-refractivity contribution < 1.29 is 18.7 Å². The lowest BCUT2D eigenvalue weighted by Gasteiger charge is -2.21. The zero-order valence-electron chi connectivity index (χ0n) is 9.93. The van der Waals surface area contributed by atoms with E-state index in [-0.39, 0.29) is 11.7 Å². The zero-order chi connectivity index (χ0) is 12.0. The van der Waals surface area contributed by atoms with Crippen molar-refractivity contribution in [3.05, 3.63) is 24.2 Å². The summed E-state index contributed by atoms with van der Waals surface area (Å²) in [4.78, 5) is 11.9. The van der Waals surface area contributed by atoms with Gasteiger partial charge in [-0.05, 0) is 26.0 Å². The van der Waals surface area contributed by atoms with Crippen LogP contribution in [0.5, 0.6) is 0 Å². The second-order valence-electron chi connectivity index (χ2n) is 3.41. The maximum absolute atomic E-state index is 11.9. The summed E-state index contributed by atoms with van der Waals surface area (Å²) in [6.07, 6.45) is 0.976. The molecule has 1 rings (SSSR count). The Morgan fingerprint density at radius 2 is 2.00 bits per heavy atom.